The Balaban J connectivity index is 1.81. The van der Waals surface area contributed by atoms with Gasteiger partial charge in [0.25, 0.3) is 11.6 Å². The molecule has 0 saturated carbocycles. The maximum atomic E-state index is 12.0. The molecule has 9 heteroatoms. The molecule has 2 amide bonds. The highest BCUT2D eigenvalue weighted by molar-refractivity contribution is 6.32. The number of nitro benzene ring substituents is 1. The molecule has 0 fully saturated rings. The third-order valence-corrected chi connectivity index (χ3v) is 4.11. The molecule has 2 aromatic carbocycles. The van der Waals surface area contributed by atoms with E-state index in [1.165, 1.54) is 12.1 Å². The van der Waals surface area contributed by atoms with Crippen molar-refractivity contribution in [1.29, 1.82) is 0 Å². The number of amides is 2. The smallest absolute Gasteiger partial charge is 0.271 e. The average molecular weight is 392 g/mol. The summed E-state index contributed by atoms with van der Waals surface area (Å²) < 4.78 is 5.22. The topological polar surface area (TPSA) is 111 Å². The van der Waals surface area contributed by atoms with E-state index in [4.69, 9.17) is 16.3 Å². The quantitative estimate of drug-likeness (QED) is 0.556. The van der Waals surface area contributed by atoms with Crippen molar-refractivity contribution in [2.45, 2.75) is 13.8 Å². The Bertz CT molecular complexity index is 885. The first-order valence-electron chi connectivity index (χ1n) is 7.97. The van der Waals surface area contributed by atoms with Crippen LogP contribution in [0.5, 0.6) is 5.75 Å². The fourth-order valence-corrected chi connectivity index (χ4v) is 2.40. The van der Waals surface area contributed by atoms with Crippen LogP contribution in [-0.4, -0.2) is 29.9 Å². The molecule has 0 atom stereocenters. The van der Waals surface area contributed by atoms with Crippen LogP contribution in [0.1, 0.15) is 11.1 Å². The molecular formula is C18H18ClN3O5. The van der Waals surface area contributed by atoms with Gasteiger partial charge in [0.05, 0.1) is 16.5 Å². The number of nitrogens with one attached hydrogen (secondary N) is 2. The van der Waals surface area contributed by atoms with Gasteiger partial charge in [0, 0.05) is 17.8 Å². The Labute approximate surface area is 160 Å². The maximum absolute atomic E-state index is 12.0. The van der Waals surface area contributed by atoms with Crippen molar-refractivity contribution in [2.75, 3.05) is 18.5 Å². The van der Waals surface area contributed by atoms with E-state index in [0.29, 0.717) is 5.69 Å². The highest BCUT2D eigenvalue weighted by Crippen LogP contribution is 2.28. The fraction of sp³-hybridized carbons (Fsp3) is 0.222. The average Bonchev–Trinajstić information content (AvgIpc) is 2.62. The predicted molar refractivity (Wildman–Crippen MR) is 101 cm³/mol. The minimum atomic E-state index is -0.586. The lowest BCUT2D eigenvalue weighted by atomic mass is 10.1. The van der Waals surface area contributed by atoms with E-state index in [9.17, 15) is 19.7 Å². The zero-order valence-electron chi connectivity index (χ0n) is 14.7. The summed E-state index contributed by atoms with van der Waals surface area (Å²) in [5, 5.41) is 15.8. The summed E-state index contributed by atoms with van der Waals surface area (Å²) in [7, 11) is 0. The molecule has 0 aliphatic carbocycles. The van der Waals surface area contributed by atoms with Crippen molar-refractivity contribution >= 4 is 34.8 Å². The molecule has 0 heterocycles. The lowest BCUT2D eigenvalue weighted by Gasteiger charge is -2.11. The van der Waals surface area contributed by atoms with Crippen molar-refractivity contribution in [2.24, 2.45) is 0 Å². The van der Waals surface area contributed by atoms with Gasteiger partial charge in [0.2, 0.25) is 5.91 Å². The third-order valence-electron chi connectivity index (χ3n) is 3.81. The molecular weight excluding hydrogens is 374 g/mol. The number of carbonyl (C=O) groups excluding carboxylic acids is 2. The van der Waals surface area contributed by atoms with E-state index >= 15 is 0 Å². The first-order valence-corrected chi connectivity index (χ1v) is 8.35. The van der Waals surface area contributed by atoms with Crippen molar-refractivity contribution < 1.29 is 19.2 Å². The van der Waals surface area contributed by atoms with Crippen molar-refractivity contribution in [1.82, 2.24) is 5.32 Å². The number of non-ortho nitro benzene ring substituents is 1. The number of hydrogen-bond acceptors (Lipinski definition) is 5. The van der Waals surface area contributed by atoms with Crippen LogP contribution in [0.4, 0.5) is 11.4 Å². The standard InChI is InChI=1S/C18H18ClN3O5/c1-11-4-3-5-15(12(11)2)21-17(23)9-20-18(24)10-27-16-7-6-13(22(25)26)8-14(16)19/h3-8H,9-10H2,1-2H3,(H,20,24)(H,21,23). The molecule has 27 heavy (non-hydrogen) atoms. The minimum absolute atomic E-state index is 0.0182. The van der Waals surface area contributed by atoms with Crippen LogP contribution >= 0.6 is 11.6 Å². The molecule has 0 radical (unpaired) electrons. The van der Waals surface area contributed by atoms with Gasteiger partial charge in [-0.1, -0.05) is 23.7 Å². The lowest BCUT2D eigenvalue weighted by Crippen LogP contribution is -2.35. The van der Waals surface area contributed by atoms with E-state index in [1.807, 2.05) is 26.0 Å². The Morgan fingerprint density at radius 2 is 1.93 bits per heavy atom. The van der Waals surface area contributed by atoms with Crippen LogP contribution in [-0.2, 0) is 9.59 Å². The number of halogens is 1. The second-order valence-electron chi connectivity index (χ2n) is 5.73. The Kier molecular flexibility index (Phi) is 6.73. The molecule has 0 unspecified atom stereocenters. The maximum Gasteiger partial charge on any atom is 0.271 e. The van der Waals surface area contributed by atoms with E-state index < -0.39 is 10.8 Å². The van der Waals surface area contributed by atoms with Gasteiger partial charge in [-0.2, -0.15) is 0 Å². The van der Waals surface area contributed by atoms with Gasteiger partial charge in [0.15, 0.2) is 6.61 Å². The SMILES string of the molecule is Cc1cccc(NC(=O)CNC(=O)COc2ccc([N+](=O)[O-])cc2Cl)c1C. The molecule has 2 N–H and O–H groups in total. The summed E-state index contributed by atoms with van der Waals surface area (Å²) in [5.74, 6) is -0.761. The lowest BCUT2D eigenvalue weighted by molar-refractivity contribution is -0.384. The van der Waals surface area contributed by atoms with Crippen LogP contribution in [0.25, 0.3) is 0 Å². The molecule has 0 saturated heterocycles. The Morgan fingerprint density at radius 3 is 2.59 bits per heavy atom. The van der Waals surface area contributed by atoms with Gasteiger partial charge >= 0.3 is 0 Å². The first kappa shape index (κ1) is 20.2. The second kappa shape index (κ2) is 9.00. The number of benzene rings is 2. The van der Waals surface area contributed by atoms with Crippen LogP contribution < -0.4 is 15.4 Å². The molecule has 0 spiro atoms. The van der Waals surface area contributed by atoms with Gasteiger partial charge in [-0.15, -0.1) is 0 Å². The normalized spacial score (nSPS) is 10.2. The number of ether oxygens (including phenoxy) is 1. The van der Waals surface area contributed by atoms with E-state index in [0.717, 1.165) is 17.2 Å². The van der Waals surface area contributed by atoms with Gasteiger partial charge in [-0.05, 0) is 37.1 Å². The molecule has 0 aromatic heterocycles. The van der Waals surface area contributed by atoms with Crippen LogP contribution in [0.15, 0.2) is 36.4 Å². The number of carbonyl (C=O) groups is 2. The van der Waals surface area contributed by atoms with Crippen LogP contribution in [0.3, 0.4) is 0 Å². The minimum Gasteiger partial charge on any atom is -0.482 e. The zero-order valence-corrected chi connectivity index (χ0v) is 15.5. The number of rotatable bonds is 7. The summed E-state index contributed by atoms with van der Waals surface area (Å²) in [6.07, 6.45) is 0. The van der Waals surface area contributed by atoms with Gasteiger partial charge in [-0.25, -0.2) is 0 Å². The van der Waals surface area contributed by atoms with Gasteiger partial charge < -0.3 is 15.4 Å². The fourth-order valence-electron chi connectivity index (χ4n) is 2.17. The predicted octanol–water partition coefficient (Wildman–Crippen LogP) is 3.00. The summed E-state index contributed by atoms with van der Waals surface area (Å²) in [4.78, 5) is 33.8. The number of nitro groups is 1. The van der Waals surface area contributed by atoms with Gasteiger partial charge in [0.1, 0.15) is 5.75 Å². The first-order chi connectivity index (χ1) is 12.8. The molecule has 8 nitrogen and oxygen atoms in total. The van der Waals surface area contributed by atoms with E-state index in [2.05, 4.69) is 10.6 Å². The van der Waals surface area contributed by atoms with Crippen LogP contribution in [0, 0.1) is 24.0 Å². The second-order valence-corrected chi connectivity index (χ2v) is 6.14. The van der Waals surface area contributed by atoms with Crippen molar-refractivity contribution in [3.8, 4) is 5.75 Å². The monoisotopic (exact) mass is 391 g/mol. The Hall–Kier alpha value is -3.13. The molecule has 0 aliphatic rings. The Morgan fingerprint density at radius 1 is 1.19 bits per heavy atom. The molecule has 142 valence electrons. The van der Waals surface area contributed by atoms with Crippen molar-refractivity contribution in [3.05, 3.63) is 62.7 Å². The largest absolute Gasteiger partial charge is 0.482 e. The zero-order chi connectivity index (χ0) is 20.0. The van der Waals surface area contributed by atoms with E-state index in [-0.39, 0.29) is 35.5 Å². The summed E-state index contributed by atoms with van der Waals surface area (Å²) >= 11 is 5.88. The molecule has 0 bridgehead atoms. The third kappa shape index (κ3) is 5.68. The number of anilines is 1. The highest BCUT2D eigenvalue weighted by atomic mass is 35.5. The molecule has 0 aliphatic heterocycles. The summed E-state index contributed by atoms with van der Waals surface area (Å²) in [5.41, 5.74) is 2.50. The molecule has 2 aromatic rings. The number of hydrogen-bond donors (Lipinski definition) is 2. The summed E-state index contributed by atoms with van der Waals surface area (Å²) in [6.45, 7) is 3.23. The number of aryl methyl sites for hydroxylation is 1. The molecule has 2 rings (SSSR count). The highest BCUT2D eigenvalue weighted by Gasteiger charge is 2.12. The van der Waals surface area contributed by atoms with Crippen LogP contribution in [0.2, 0.25) is 5.02 Å². The van der Waals surface area contributed by atoms with Crippen molar-refractivity contribution in [3.63, 3.8) is 0 Å². The summed E-state index contributed by atoms with van der Waals surface area (Å²) in [6, 6.07) is 9.21. The van der Waals surface area contributed by atoms with E-state index in [1.54, 1.807) is 6.07 Å². The van der Waals surface area contributed by atoms with Gasteiger partial charge in [-0.3, -0.25) is 19.7 Å². The number of nitrogens with zero attached hydrogens (tertiary/aromatic N) is 1.